The zero-order valence-electron chi connectivity index (χ0n) is 18.7. The second-order valence-corrected chi connectivity index (χ2v) is 8.41. The number of allylic oxidation sites excluding steroid dienone is 2. The number of rotatable bonds is 21. The fourth-order valence-corrected chi connectivity index (χ4v) is 3.98. The highest BCUT2D eigenvalue weighted by atomic mass is 16.1. The summed E-state index contributed by atoms with van der Waals surface area (Å²) in [5.74, 6) is -0.160. The van der Waals surface area contributed by atoms with E-state index < -0.39 is 5.41 Å². The van der Waals surface area contributed by atoms with Gasteiger partial charge in [-0.15, -0.1) is 0 Å². The third kappa shape index (κ3) is 14.2. The van der Waals surface area contributed by atoms with Gasteiger partial charge in [0.25, 0.3) is 0 Å². The lowest BCUT2D eigenvalue weighted by atomic mass is 9.74. The maximum Gasteiger partial charge on any atom is 0.223 e. The van der Waals surface area contributed by atoms with Gasteiger partial charge in [-0.05, 0) is 70.9 Å². The number of hydrogen-bond donors (Lipinski definition) is 3. The molecular weight excluding hydrogens is 346 g/mol. The van der Waals surface area contributed by atoms with Gasteiger partial charge in [-0.3, -0.25) is 4.79 Å². The molecule has 0 radical (unpaired) electrons. The summed E-state index contributed by atoms with van der Waals surface area (Å²) in [5, 5.41) is 0. The van der Waals surface area contributed by atoms with Crippen molar-refractivity contribution in [2.75, 3.05) is 13.1 Å². The highest BCUT2D eigenvalue weighted by Gasteiger charge is 2.34. The van der Waals surface area contributed by atoms with Crippen molar-refractivity contribution < 1.29 is 4.79 Å². The Hall–Kier alpha value is -0.870. The lowest BCUT2D eigenvalue weighted by Gasteiger charge is -2.31. The Morgan fingerprint density at radius 1 is 0.679 bits per heavy atom. The molecule has 0 atom stereocenters. The average molecular weight is 396 g/mol. The molecule has 0 aliphatic heterocycles. The number of hydrogen-bond acceptors (Lipinski definition) is 3. The molecule has 0 aromatic carbocycles. The highest BCUT2D eigenvalue weighted by Crippen LogP contribution is 2.35. The van der Waals surface area contributed by atoms with Crippen LogP contribution in [-0.4, -0.2) is 19.0 Å². The quantitative estimate of drug-likeness (QED) is 0.175. The van der Waals surface area contributed by atoms with Gasteiger partial charge in [0.1, 0.15) is 0 Å². The van der Waals surface area contributed by atoms with E-state index in [0.29, 0.717) is 13.1 Å². The normalized spacial score (nSPS) is 12.1. The summed E-state index contributed by atoms with van der Waals surface area (Å²) in [6.07, 6.45) is 24.2. The Labute approximate surface area is 175 Å². The SMILES string of the molecule is CCCCCCCCC=CCCCCCCC(CCCN)(CCCN)C(N)=O. The van der Waals surface area contributed by atoms with Crippen molar-refractivity contribution in [3.63, 3.8) is 0 Å². The molecule has 4 nitrogen and oxygen atoms in total. The number of unbranched alkanes of at least 4 members (excludes halogenated alkanes) is 10. The second-order valence-electron chi connectivity index (χ2n) is 8.41. The first kappa shape index (κ1) is 27.1. The fraction of sp³-hybridized carbons (Fsp3) is 0.875. The summed E-state index contributed by atoms with van der Waals surface area (Å²) >= 11 is 0. The molecule has 0 fully saturated rings. The Kier molecular flexibility index (Phi) is 18.8. The van der Waals surface area contributed by atoms with Gasteiger partial charge in [-0.1, -0.05) is 70.4 Å². The Morgan fingerprint density at radius 2 is 1.11 bits per heavy atom. The Balaban J connectivity index is 3.86. The summed E-state index contributed by atoms with van der Waals surface area (Å²) in [6.45, 7) is 3.49. The number of carbonyl (C=O) groups is 1. The summed E-state index contributed by atoms with van der Waals surface area (Å²) < 4.78 is 0. The molecule has 0 rings (SSSR count). The van der Waals surface area contributed by atoms with Crippen LogP contribution in [0.3, 0.4) is 0 Å². The van der Waals surface area contributed by atoms with Gasteiger partial charge >= 0.3 is 0 Å². The third-order valence-electron chi connectivity index (χ3n) is 5.91. The van der Waals surface area contributed by atoms with Crippen molar-refractivity contribution in [3.8, 4) is 0 Å². The van der Waals surface area contributed by atoms with Crippen molar-refractivity contribution in [3.05, 3.63) is 12.2 Å². The molecule has 28 heavy (non-hydrogen) atoms. The van der Waals surface area contributed by atoms with Gasteiger partial charge in [0, 0.05) is 5.41 Å². The van der Waals surface area contributed by atoms with Gasteiger partial charge in [0.15, 0.2) is 0 Å². The molecule has 0 aromatic rings. The Bertz CT molecular complexity index is 374. The molecule has 6 N–H and O–H groups in total. The molecular formula is C24H49N3O. The van der Waals surface area contributed by atoms with Crippen molar-refractivity contribution in [1.82, 2.24) is 0 Å². The van der Waals surface area contributed by atoms with E-state index in [0.717, 1.165) is 38.5 Å². The molecule has 0 spiro atoms. The standard InChI is InChI=1S/C24H49N3O/c1-2-3-4-5-6-7-8-9-10-11-12-13-14-15-18-24(23(27)28,19-16-21-25)20-17-22-26/h9-10H,2-8,11-22,25-26H2,1H3,(H2,27,28). The first-order chi connectivity index (χ1) is 13.6. The van der Waals surface area contributed by atoms with Crippen LogP contribution in [0.2, 0.25) is 0 Å². The molecule has 0 unspecified atom stereocenters. The van der Waals surface area contributed by atoms with Crippen LogP contribution in [0.5, 0.6) is 0 Å². The van der Waals surface area contributed by atoms with Gasteiger partial charge in [-0.25, -0.2) is 0 Å². The van der Waals surface area contributed by atoms with Gasteiger partial charge in [-0.2, -0.15) is 0 Å². The van der Waals surface area contributed by atoms with E-state index in [-0.39, 0.29) is 5.91 Å². The van der Waals surface area contributed by atoms with Crippen LogP contribution in [0.1, 0.15) is 116 Å². The highest BCUT2D eigenvalue weighted by molar-refractivity contribution is 5.80. The van der Waals surface area contributed by atoms with Crippen molar-refractivity contribution in [1.29, 1.82) is 0 Å². The van der Waals surface area contributed by atoms with Crippen LogP contribution in [-0.2, 0) is 4.79 Å². The summed E-state index contributed by atoms with van der Waals surface area (Å²) in [4.78, 5) is 12.1. The van der Waals surface area contributed by atoms with Crippen LogP contribution in [0.15, 0.2) is 12.2 Å². The van der Waals surface area contributed by atoms with E-state index in [1.807, 2.05) is 0 Å². The molecule has 0 saturated heterocycles. The molecule has 1 amide bonds. The second kappa shape index (κ2) is 19.4. The monoisotopic (exact) mass is 395 g/mol. The number of primary amides is 1. The summed E-state index contributed by atoms with van der Waals surface area (Å²) in [6, 6.07) is 0. The van der Waals surface area contributed by atoms with Gasteiger partial charge in [0.2, 0.25) is 5.91 Å². The average Bonchev–Trinajstić information content (AvgIpc) is 2.69. The Morgan fingerprint density at radius 3 is 1.57 bits per heavy atom. The van der Waals surface area contributed by atoms with Gasteiger partial charge in [0.05, 0.1) is 0 Å². The molecule has 0 bridgehead atoms. The molecule has 0 heterocycles. The van der Waals surface area contributed by atoms with E-state index in [1.165, 1.54) is 70.6 Å². The van der Waals surface area contributed by atoms with E-state index in [1.54, 1.807) is 0 Å². The minimum Gasteiger partial charge on any atom is -0.369 e. The fourth-order valence-electron chi connectivity index (χ4n) is 3.98. The van der Waals surface area contributed by atoms with Crippen LogP contribution in [0.25, 0.3) is 0 Å². The predicted octanol–water partition coefficient (Wildman–Crippen LogP) is 5.58. The van der Waals surface area contributed by atoms with Crippen molar-refractivity contribution in [2.24, 2.45) is 22.6 Å². The molecule has 0 saturated carbocycles. The predicted molar refractivity (Wildman–Crippen MR) is 123 cm³/mol. The van der Waals surface area contributed by atoms with Crippen LogP contribution >= 0.6 is 0 Å². The van der Waals surface area contributed by atoms with E-state index in [2.05, 4.69) is 19.1 Å². The van der Waals surface area contributed by atoms with E-state index >= 15 is 0 Å². The van der Waals surface area contributed by atoms with Crippen molar-refractivity contribution in [2.45, 2.75) is 116 Å². The van der Waals surface area contributed by atoms with Gasteiger partial charge < -0.3 is 17.2 Å². The number of carbonyl (C=O) groups excluding carboxylic acids is 1. The smallest absolute Gasteiger partial charge is 0.223 e. The maximum atomic E-state index is 12.1. The lowest BCUT2D eigenvalue weighted by molar-refractivity contribution is -0.129. The summed E-state index contributed by atoms with van der Waals surface area (Å²) in [7, 11) is 0. The maximum absolute atomic E-state index is 12.1. The minimum atomic E-state index is -0.393. The first-order valence-electron chi connectivity index (χ1n) is 12.0. The van der Waals surface area contributed by atoms with Crippen LogP contribution < -0.4 is 17.2 Å². The lowest BCUT2D eigenvalue weighted by Crippen LogP contribution is -2.38. The zero-order valence-corrected chi connectivity index (χ0v) is 18.7. The zero-order chi connectivity index (χ0) is 20.9. The number of amides is 1. The number of nitrogens with two attached hydrogens (primary N) is 3. The van der Waals surface area contributed by atoms with Crippen LogP contribution in [0, 0.1) is 5.41 Å². The topological polar surface area (TPSA) is 95.1 Å². The van der Waals surface area contributed by atoms with E-state index in [4.69, 9.17) is 17.2 Å². The van der Waals surface area contributed by atoms with E-state index in [9.17, 15) is 4.79 Å². The summed E-state index contributed by atoms with van der Waals surface area (Å²) in [5.41, 5.74) is 16.7. The first-order valence-corrected chi connectivity index (χ1v) is 12.0. The minimum absolute atomic E-state index is 0.160. The molecule has 166 valence electrons. The molecule has 0 aliphatic rings. The molecule has 0 aromatic heterocycles. The van der Waals surface area contributed by atoms with Crippen molar-refractivity contribution >= 4 is 5.91 Å². The molecule has 4 heteroatoms. The molecule has 0 aliphatic carbocycles. The van der Waals surface area contributed by atoms with Crippen LogP contribution in [0.4, 0.5) is 0 Å². The largest absolute Gasteiger partial charge is 0.369 e. The third-order valence-corrected chi connectivity index (χ3v) is 5.91.